The van der Waals surface area contributed by atoms with E-state index in [1.807, 2.05) is 16.8 Å². The molecule has 20 heavy (non-hydrogen) atoms. The van der Waals surface area contributed by atoms with Crippen molar-refractivity contribution in [3.63, 3.8) is 0 Å². The number of hydrogen-bond donors (Lipinski definition) is 1. The first-order chi connectivity index (χ1) is 9.58. The second-order valence-corrected chi connectivity index (χ2v) is 8.49. The van der Waals surface area contributed by atoms with Crippen LogP contribution in [0.4, 0.5) is 0 Å². The molecular formula is C17H28N2S. The Bertz CT molecular complexity index is 442. The van der Waals surface area contributed by atoms with Gasteiger partial charge in [0.1, 0.15) is 0 Å². The monoisotopic (exact) mass is 292 g/mol. The van der Waals surface area contributed by atoms with Crippen LogP contribution in [0.25, 0.3) is 0 Å². The van der Waals surface area contributed by atoms with Crippen molar-refractivity contribution < 1.29 is 0 Å². The van der Waals surface area contributed by atoms with E-state index in [0.717, 1.165) is 24.3 Å². The summed E-state index contributed by atoms with van der Waals surface area (Å²) in [5.41, 5.74) is 3.84. The van der Waals surface area contributed by atoms with Gasteiger partial charge in [-0.2, -0.15) is 0 Å². The third kappa shape index (κ3) is 3.25. The number of nitrogens with one attached hydrogen (secondary N) is 1. The van der Waals surface area contributed by atoms with Crippen molar-refractivity contribution in [1.82, 2.24) is 10.3 Å². The van der Waals surface area contributed by atoms with Gasteiger partial charge in [-0.05, 0) is 68.7 Å². The van der Waals surface area contributed by atoms with Crippen molar-refractivity contribution in [3.05, 3.63) is 16.1 Å². The molecule has 2 unspecified atom stereocenters. The number of aromatic nitrogens is 1. The molecule has 0 amide bonds. The van der Waals surface area contributed by atoms with Crippen molar-refractivity contribution in [2.45, 2.75) is 52.9 Å². The summed E-state index contributed by atoms with van der Waals surface area (Å²) < 4.78 is 0. The van der Waals surface area contributed by atoms with Gasteiger partial charge in [0.25, 0.3) is 0 Å². The maximum atomic E-state index is 4.40. The van der Waals surface area contributed by atoms with Crippen LogP contribution >= 0.6 is 11.3 Å². The quantitative estimate of drug-likeness (QED) is 0.820. The molecule has 3 heteroatoms. The highest BCUT2D eigenvalue weighted by Crippen LogP contribution is 2.61. The summed E-state index contributed by atoms with van der Waals surface area (Å²) in [6.07, 6.45) is 7.06. The molecule has 0 bridgehead atoms. The summed E-state index contributed by atoms with van der Waals surface area (Å²) in [6.45, 7) is 9.15. The van der Waals surface area contributed by atoms with Crippen molar-refractivity contribution in [2.75, 3.05) is 13.1 Å². The van der Waals surface area contributed by atoms with E-state index in [1.165, 1.54) is 49.2 Å². The number of rotatable bonds is 7. The van der Waals surface area contributed by atoms with Crippen LogP contribution in [0.5, 0.6) is 0 Å². The molecule has 1 heterocycles. The molecule has 2 aliphatic carbocycles. The highest BCUT2D eigenvalue weighted by molar-refractivity contribution is 7.09. The summed E-state index contributed by atoms with van der Waals surface area (Å²) in [7, 11) is 0. The van der Waals surface area contributed by atoms with E-state index in [1.54, 1.807) is 0 Å². The minimum atomic E-state index is 0.582. The smallest absolute Gasteiger partial charge is 0.0797 e. The van der Waals surface area contributed by atoms with E-state index in [4.69, 9.17) is 0 Å². The van der Waals surface area contributed by atoms with E-state index in [9.17, 15) is 0 Å². The molecule has 0 radical (unpaired) electrons. The van der Waals surface area contributed by atoms with Gasteiger partial charge in [-0.3, -0.25) is 0 Å². The zero-order chi connectivity index (χ0) is 14.2. The number of fused-ring (bicyclic) bond motifs is 1. The average Bonchev–Trinajstić information content (AvgIpc) is 2.82. The Hall–Kier alpha value is -0.410. The molecule has 3 rings (SSSR count). The van der Waals surface area contributed by atoms with Gasteiger partial charge >= 0.3 is 0 Å². The fourth-order valence-corrected chi connectivity index (χ4v) is 4.79. The number of hydrogen-bond acceptors (Lipinski definition) is 3. The zero-order valence-electron chi connectivity index (χ0n) is 13.1. The predicted molar refractivity (Wildman–Crippen MR) is 86.1 cm³/mol. The van der Waals surface area contributed by atoms with E-state index in [-0.39, 0.29) is 0 Å². The Morgan fingerprint density at radius 1 is 1.40 bits per heavy atom. The van der Waals surface area contributed by atoms with Gasteiger partial charge in [-0.25, -0.2) is 4.98 Å². The molecule has 1 N–H and O–H groups in total. The topological polar surface area (TPSA) is 24.9 Å². The van der Waals surface area contributed by atoms with E-state index < -0.39 is 0 Å². The van der Waals surface area contributed by atoms with Gasteiger partial charge in [0.05, 0.1) is 11.2 Å². The molecule has 0 spiro atoms. The van der Waals surface area contributed by atoms with Gasteiger partial charge < -0.3 is 5.32 Å². The molecule has 0 aromatic carbocycles. The average molecular weight is 292 g/mol. The van der Waals surface area contributed by atoms with Gasteiger partial charge in [-0.1, -0.05) is 13.8 Å². The highest BCUT2D eigenvalue weighted by Gasteiger charge is 2.52. The Morgan fingerprint density at radius 3 is 2.75 bits per heavy atom. The SMILES string of the molecule is Cc1ncsc1CCC1(CNCC(C)C)CC2CC2C1. The summed E-state index contributed by atoms with van der Waals surface area (Å²) in [5, 5.41) is 3.74. The molecule has 2 nitrogen and oxygen atoms in total. The van der Waals surface area contributed by atoms with E-state index in [2.05, 4.69) is 31.1 Å². The van der Waals surface area contributed by atoms with Crippen molar-refractivity contribution in [2.24, 2.45) is 23.2 Å². The van der Waals surface area contributed by atoms with E-state index in [0.29, 0.717) is 5.41 Å². The maximum Gasteiger partial charge on any atom is 0.0797 e. The van der Waals surface area contributed by atoms with Crippen molar-refractivity contribution in [3.8, 4) is 0 Å². The molecule has 2 saturated carbocycles. The fourth-order valence-electron chi connectivity index (χ4n) is 4.01. The molecule has 0 aliphatic heterocycles. The molecule has 1 aromatic heterocycles. The molecule has 112 valence electrons. The Kier molecular flexibility index (Phi) is 4.19. The maximum absolute atomic E-state index is 4.40. The van der Waals surface area contributed by atoms with Crippen LogP contribution in [0.2, 0.25) is 0 Å². The predicted octanol–water partition coefficient (Wildman–Crippen LogP) is 4.05. The second-order valence-electron chi connectivity index (χ2n) is 7.55. The van der Waals surface area contributed by atoms with E-state index >= 15 is 0 Å². The first-order valence-corrected chi connectivity index (χ1v) is 9.06. The number of thiazole rings is 1. The fraction of sp³-hybridized carbons (Fsp3) is 0.824. The van der Waals surface area contributed by atoms with Crippen LogP contribution in [-0.4, -0.2) is 18.1 Å². The molecule has 0 saturated heterocycles. The second kappa shape index (κ2) is 5.76. The largest absolute Gasteiger partial charge is 0.316 e. The molecule has 2 fully saturated rings. The van der Waals surface area contributed by atoms with Crippen LogP contribution in [0, 0.1) is 30.1 Å². The lowest BCUT2D eigenvalue weighted by Crippen LogP contribution is -2.35. The molecule has 2 aliphatic rings. The van der Waals surface area contributed by atoms with Crippen molar-refractivity contribution >= 4 is 11.3 Å². The first kappa shape index (κ1) is 14.5. The minimum Gasteiger partial charge on any atom is -0.316 e. The summed E-state index contributed by atoms with van der Waals surface area (Å²) in [5.74, 6) is 2.89. The van der Waals surface area contributed by atoms with Crippen LogP contribution < -0.4 is 5.32 Å². The highest BCUT2D eigenvalue weighted by atomic mass is 32.1. The van der Waals surface area contributed by atoms with Gasteiger partial charge in [0.15, 0.2) is 0 Å². The third-order valence-corrected chi connectivity index (χ3v) is 6.23. The minimum absolute atomic E-state index is 0.582. The summed E-state index contributed by atoms with van der Waals surface area (Å²) >= 11 is 1.84. The Morgan fingerprint density at radius 2 is 2.15 bits per heavy atom. The van der Waals surface area contributed by atoms with Gasteiger partial charge in [0, 0.05) is 11.4 Å². The third-order valence-electron chi connectivity index (χ3n) is 5.24. The first-order valence-electron chi connectivity index (χ1n) is 8.18. The van der Waals surface area contributed by atoms with Crippen molar-refractivity contribution in [1.29, 1.82) is 0 Å². The normalized spacial score (nSPS) is 31.8. The van der Waals surface area contributed by atoms with Gasteiger partial charge in [0.2, 0.25) is 0 Å². The number of aryl methyl sites for hydroxylation is 2. The lowest BCUT2D eigenvalue weighted by atomic mass is 9.78. The van der Waals surface area contributed by atoms with Crippen LogP contribution in [-0.2, 0) is 6.42 Å². The lowest BCUT2D eigenvalue weighted by molar-refractivity contribution is 0.228. The molecular weight excluding hydrogens is 264 g/mol. The summed E-state index contributed by atoms with van der Waals surface area (Å²) in [6, 6.07) is 0. The Balaban J connectivity index is 1.57. The van der Waals surface area contributed by atoms with Gasteiger partial charge in [-0.15, -0.1) is 11.3 Å². The zero-order valence-corrected chi connectivity index (χ0v) is 13.9. The van der Waals surface area contributed by atoms with Crippen LogP contribution in [0.3, 0.4) is 0 Å². The van der Waals surface area contributed by atoms with Crippen LogP contribution in [0.15, 0.2) is 5.51 Å². The molecule has 1 aromatic rings. The molecule has 2 atom stereocenters. The Labute approximate surface area is 127 Å². The lowest BCUT2D eigenvalue weighted by Gasteiger charge is -2.32. The van der Waals surface area contributed by atoms with Crippen LogP contribution in [0.1, 0.15) is 50.1 Å². The summed E-state index contributed by atoms with van der Waals surface area (Å²) in [4.78, 5) is 5.90. The number of nitrogens with zero attached hydrogens (tertiary/aromatic N) is 1. The standard InChI is InChI=1S/C17H28N2S/c1-12(2)9-18-10-17(7-14-6-15(14)8-17)5-4-16-13(3)19-11-20-16/h11-12,14-15,18H,4-10H2,1-3H3.